The third-order valence-electron chi connectivity index (χ3n) is 15.5. The minimum Gasteiger partial charge on any atom is -0.313 e. The maximum atomic E-state index is 5.33. The van der Waals surface area contributed by atoms with Crippen LogP contribution in [0.1, 0.15) is 65.4 Å². The second-order valence-corrected chi connectivity index (χ2v) is 20.3. The van der Waals surface area contributed by atoms with Gasteiger partial charge in [0.2, 0.25) is 0 Å². The molecule has 11 aromatic rings. The first kappa shape index (κ1) is 44.0. The number of nitrogens with zero attached hydrogens (tertiary/aromatic N) is 5. The van der Waals surface area contributed by atoms with Crippen LogP contribution in [0.5, 0.6) is 0 Å². The van der Waals surface area contributed by atoms with E-state index in [4.69, 9.17) is 9.98 Å². The second kappa shape index (κ2) is 17.4. The summed E-state index contributed by atoms with van der Waals surface area (Å²) in [4.78, 5) is 15.0. The van der Waals surface area contributed by atoms with E-state index in [1.165, 1.54) is 82.9 Å². The third kappa shape index (κ3) is 7.42. The van der Waals surface area contributed by atoms with E-state index in [1.54, 1.807) is 0 Å². The molecule has 5 nitrogen and oxygen atoms in total. The molecule has 2 aliphatic carbocycles. The standard InChI is InChI=1S/C68H53N5/c1-67(2)59-30-14-11-27-53(59)54-35-33-45(39-60(54)67)44-70-66(71-65(69-4)46-19-7-5-8-20-46)49-22-17-23-50(40-49)68(3)38-37-57-55-28-12-15-31-61(55)73(64(57)43-68)52-26-18-21-47(41-52)48-34-36-63-58(42-48)56-29-13-16-32-62(56)72(63)51-24-9-6-10-25-51/h5-42H,4,43-44H2,1-3H3. The number of rotatable bonds is 8. The molecular formula is C68H53N5. The highest BCUT2D eigenvalue weighted by molar-refractivity contribution is 6.13. The van der Waals surface area contributed by atoms with Gasteiger partial charge in [-0.1, -0.05) is 197 Å². The fourth-order valence-corrected chi connectivity index (χ4v) is 11.8. The number of aliphatic imine (C=N–C) groups is 3. The molecule has 1 unspecified atom stereocenters. The summed E-state index contributed by atoms with van der Waals surface area (Å²) in [5.41, 5.74) is 19.8. The lowest BCUT2D eigenvalue weighted by atomic mass is 9.74. The highest BCUT2D eigenvalue weighted by atomic mass is 15.0. The number of benzene rings is 9. The quantitative estimate of drug-likeness (QED) is 0.108. The van der Waals surface area contributed by atoms with Crippen molar-refractivity contribution in [1.82, 2.24) is 9.13 Å². The van der Waals surface area contributed by atoms with E-state index >= 15 is 0 Å². The molecule has 13 rings (SSSR count). The first-order valence-corrected chi connectivity index (χ1v) is 25.3. The fraction of sp³-hybridized carbons (Fsp3) is 0.103. The summed E-state index contributed by atoms with van der Waals surface area (Å²) in [7, 11) is 0. The lowest BCUT2D eigenvalue weighted by Crippen LogP contribution is -2.26. The Kier molecular flexibility index (Phi) is 10.5. The average molecular weight is 940 g/mol. The maximum absolute atomic E-state index is 5.33. The summed E-state index contributed by atoms with van der Waals surface area (Å²) in [6, 6.07) is 78.7. The van der Waals surface area contributed by atoms with Crippen molar-refractivity contribution in [2.75, 3.05) is 0 Å². The van der Waals surface area contributed by atoms with E-state index in [0.29, 0.717) is 18.2 Å². The highest BCUT2D eigenvalue weighted by Gasteiger charge is 2.36. The molecule has 0 spiro atoms. The number of allylic oxidation sites excluding steroid dienone is 1. The summed E-state index contributed by atoms with van der Waals surface area (Å²) < 4.78 is 4.87. The summed E-state index contributed by atoms with van der Waals surface area (Å²) in [6.07, 6.45) is 5.53. The van der Waals surface area contributed by atoms with Crippen LogP contribution in [0.2, 0.25) is 0 Å². The van der Waals surface area contributed by atoms with Gasteiger partial charge in [-0.25, -0.2) is 9.98 Å². The van der Waals surface area contributed by atoms with Crippen LogP contribution in [0, 0.1) is 0 Å². The molecule has 2 aliphatic rings. The second-order valence-electron chi connectivity index (χ2n) is 20.3. The van der Waals surface area contributed by atoms with Crippen molar-refractivity contribution in [3.8, 4) is 33.6 Å². The molecule has 2 aromatic heterocycles. The summed E-state index contributed by atoms with van der Waals surface area (Å²) in [5, 5.41) is 3.73. The Morgan fingerprint density at radius 3 is 1.99 bits per heavy atom. The molecule has 0 aliphatic heterocycles. The minimum absolute atomic E-state index is 0.104. The van der Waals surface area contributed by atoms with Gasteiger partial charge in [-0.3, -0.25) is 4.99 Å². The van der Waals surface area contributed by atoms with Gasteiger partial charge < -0.3 is 9.13 Å². The van der Waals surface area contributed by atoms with Crippen LogP contribution >= 0.6 is 0 Å². The Morgan fingerprint density at radius 2 is 1.16 bits per heavy atom. The van der Waals surface area contributed by atoms with Gasteiger partial charge in [0.25, 0.3) is 0 Å². The largest absolute Gasteiger partial charge is 0.313 e. The maximum Gasteiger partial charge on any atom is 0.161 e. The number of para-hydroxylation sites is 3. The summed E-state index contributed by atoms with van der Waals surface area (Å²) in [6.45, 7) is 11.4. The third-order valence-corrected chi connectivity index (χ3v) is 15.5. The molecular weight excluding hydrogens is 887 g/mol. The van der Waals surface area contributed by atoms with Gasteiger partial charge in [-0.15, -0.1) is 0 Å². The van der Waals surface area contributed by atoms with Gasteiger partial charge >= 0.3 is 0 Å². The first-order valence-electron chi connectivity index (χ1n) is 25.3. The molecule has 0 fully saturated rings. The SMILES string of the molecule is C=NC(=NC(=NCc1ccc2c(c1)C(C)(C)c1ccccc1-2)c1cccc(C2(C)C=Cc3c(n(-c4cccc(-c5ccc6c(c5)c5ccccc5n6-c5ccccc5)c4)c4ccccc34)C2)c1)c1ccccc1. The van der Waals surface area contributed by atoms with Crippen LogP contribution in [0.15, 0.2) is 239 Å². The predicted octanol–water partition coefficient (Wildman–Crippen LogP) is 16.3. The first-order chi connectivity index (χ1) is 35.8. The van der Waals surface area contributed by atoms with Crippen molar-refractivity contribution in [2.24, 2.45) is 15.0 Å². The lowest BCUT2D eigenvalue weighted by Gasteiger charge is -2.31. The lowest BCUT2D eigenvalue weighted by molar-refractivity contribution is 0.573. The average Bonchev–Trinajstić information content (AvgIpc) is 4.03. The number of hydrogen-bond donors (Lipinski definition) is 0. The fourth-order valence-electron chi connectivity index (χ4n) is 11.8. The Bertz CT molecular complexity index is 4090. The zero-order valence-electron chi connectivity index (χ0n) is 41.3. The Morgan fingerprint density at radius 1 is 0.507 bits per heavy atom. The Balaban J connectivity index is 0.875. The molecule has 350 valence electrons. The molecule has 0 N–H and O–H groups in total. The molecule has 0 saturated carbocycles. The van der Waals surface area contributed by atoms with E-state index in [0.717, 1.165) is 34.5 Å². The zero-order chi connectivity index (χ0) is 49.3. The van der Waals surface area contributed by atoms with Crippen molar-refractivity contribution in [2.45, 2.75) is 44.6 Å². The van der Waals surface area contributed by atoms with E-state index in [-0.39, 0.29) is 10.8 Å². The molecule has 2 heterocycles. The molecule has 0 radical (unpaired) electrons. The van der Waals surface area contributed by atoms with Crippen LogP contribution in [-0.2, 0) is 23.8 Å². The van der Waals surface area contributed by atoms with E-state index in [1.807, 2.05) is 30.3 Å². The number of aromatic nitrogens is 2. The monoisotopic (exact) mass is 939 g/mol. The number of fused-ring (bicyclic) bond motifs is 9. The van der Waals surface area contributed by atoms with Gasteiger partial charge in [-0.2, -0.15) is 0 Å². The van der Waals surface area contributed by atoms with E-state index in [2.05, 4.69) is 242 Å². The smallest absolute Gasteiger partial charge is 0.161 e. The summed E-state index contributed by atoms with van der Waals surface area (Å²) in [5.74, 6) is 1.16. The molecule has 73 heavy (non-hydrogen) atoms. The summed E-state index contributed by atoms with van der Waals surface area (Å²) >= 11 is 0. The van der Waals surface area contributed by atoms with Gasteiger partial charge in [-0.05, 0) is 106 Å². The molecule has 0 amide bonds. The topological polar surface area (TPSA) is 46.9 Å². The predicted molar refractivity (Wildman–Crippen MR) is 306 cm³/mol. The molecule has 1 atom stereocenters. The van der Waals surface area contributed by atoms with E-state index < -0.39 is 0 Å². The minimum atomic E-state index is -0.348. The van der Waals surface area contributed by atoms with Crippen molar-refractivity contribution in [3.63, 3.8) is 0 Å². The molecule has 9 aromatic carbocycles. The Labute approximate surface area is 426 Å². The van der Waals surface area contributed by atoms with Crippen molar-refractivity contribution < 1.29 is 0 Å². The highest BCUT2D eigenvalue weighted by Crippen LogP contribution is 2.49. The van der Waals surface area contributed by atoms with Gasteiger partial charge in [0.1, 0.15) is 0 Å². The molecule has 0 bridgehead atoms. The Hall–Kier alpha value is -8.93. The van der Waals surface area contributed by atoms with Crippen molar-refractivity contribution in [3.05, 3.63) is 269 Å². The number of amidine groups is 2. The molecule has 0 saturated heterocycles. The van der Waals surface area contributed by atoms with Gasteiger partial charge in [0.05, 0.1) is 23.1 Å². The van der Waals surface area contributed by atoms with Gasteiger partial charge in [0.15, 0.2) is 11.7 Å². The van der Waals surface area contributed by atoms with Crippen molar-refractivity contribution in [1.29, 1.82) is 0 Å². The van der Waals surface area contributed by atoms with Crippen LogP contribution in [-0.4, -0.2) is 27.5 Å². The van der Waals surface area contributed by atoms with Crippen LogP contribution in [0.4, 0.5) is 0 Å². The van der Waals surface area contributed by atoms with Crippen LogP contribution in [0.25, 0.3) is 72.4 Å². The van der Waals surface area contributed by atoms with Crippen molar-refractivity contribution >= 4 is 57.2 Å². The van der Waals surface area contributed by atoms with Crippen LogP contribution in [0.3, 0.4) is 0 Å². The normalized spacial score (nSPS) is 15.9. The zero-order valence-corrected chi connectivity index (χ0v) is 41.3. The number of hydrogen-bond acceptors (Lipinski definition) is 1. The molecule has 5 heteroatoms. The van der Waals surface area contributed by atoms with E-state index in [9.17, 15) is 0 Å². The van der Waals surface area contributed by atoms with Gasteiger partial charge in [0, 0.05) is 67.2 Å². The van der Waals surface area contributed by atoms with Crippen LogP contribution < -0.4 is 0 Å².